The van der Waals surface area contributed by atoms with E-state index < -0.39 is 0 Å². The standard InChI is InChI=1S/C17H15NO3/c1-20-13-8-12(9-14(10-13)21-2)18-17(19)16-7-6-11-4-3-5-15(11)16/h3-10H,1-2H3,(H,18,19). The lowest BCUT2D eigenvalue weighted by Crippen LogP contribution is -2.13. The Kier molecular flexibility index (Phi) is 3.36. The quantitative estimate of drug-likeness (QED) is 0.923. The highest BCUT2D eigenvalue weighted by Gasteiger charge is 2.20. The Labute approximate surface area is 123 Å². The monoisotopic (exact) mass is 281 g/mol. The van der Waals surface area contributed by atoms with Gasteiger partial charge in [-0.25, -0.2) is 0 Å². The Bertz CT molecular complexity index is 701. The number of anilines is 1. The van der Waals surface area contributed by atoms with Crippen LogP contribution in [0.2, 0.25) is 0 Å². The minimum atomic E-state index is -0.147. The smallest absolute Gasteiger partial charge is 0.256 e. The predicted molar refractivity (Wildman–Crippen MR) is 81.6 cm³/mol. The van der Waals surface area contributed by atoms with E-state index in [0.717, 1.165) is 11.1 Å². The molecule has 106 valence electrons. The molecule has 2 aliphatic rings. The van der Waals surface area contributed by atoms with Gasteiger partial charge in [0.1, 0.15) is 11.5 Å². The molecule has 4 nitrogen and oxygen atoms in total. The van der Waals surface area contributed by atoms with Gasteiger partial charge in [0.05, 0.1) is 14.2 Å². The third-order valence-electron chi connectivity index (χ3n) is 3.42. The molecule has 0 heterocycles. The van der Waals surface area contributed by atoms with Gasteiger partial charge >= 0.3 is 0 Å². The normalized spacial score (nSPS) is 15.0. The summed E-state index contributed by atoms with van der Waals surface area (Å²) in [5.41, 5.74) is 3.33. The number of nitrogens with one attached hydrogen (secondary N) is 1. The van der Waals surface area contributed by atoms with Crippen molar-refractivity contribution in [3.05, 3.63) is 65.3 Å². The van der Waals surface area contributed by atoms with Crippen molar-refractivity contribution < 1.29 is 14.3 Å². The SMILES string of the molecule is COc1cc(NC(=O)C2=C3C=CC=C3C=C2)cc(OC)c1. The first-order valence-electron chi connectivity index (χ1n) is 6.57. The number of amides is 1. The number of benzene rings is 1. The van der Waals surface area contributed by atoms with Crippen LogP contribution in [0.5, 0.6) is 11.5 Å². The van der Waals surface area contributed by atoms with E-state index >= 15 is 0 Å². The second-order valence-electron chi connectivity index (χ2n) is 4.70. The topological polar surface area (TPSA) is 47.6 Å². The second kappa shape index (κ2) is 5.32. The summed E-state index contributed by atoms with van der Waals surface area (Å²) in [5, 5.41) is 2.88. The number of carbonyl (C=O) groups excluding carboxylic acids is 1. The van der Waals surface area contributed by atoms with E-state index in [-0.39, 0.29) is 5.91 Å². The minimum absolute atomic E-state index is 0.147. The van der Waals surface area contributed by atoms with Crippen LogP contribution < -0.4 is 14.8 Å². The molecule has 3 rings (SSSR count). The maximum absolute atomic E-state index is 12.4. The fourth-order valence-electron chi connectivity index (χ4n) is 2.36. The molecule has 0 atom stereocenters. The summed E-state index contributed by atoms with van der Waals surface area (Å²) in [5.74, 6) is 1.11. The number of ether oxygens (including phenoxy) is 2. The molecule has 0 aromatic heterocycles. The van der Waals surface area contributed by atoms with Crippen LogP contribution in [0.15, 0.2) is 65.3 Å². The summed E-state index contributed by atoms with van der Waals surface area (Å²) in [6, 6.07) is 5.27. The molecule has 2 aliphatic carbocycles. The van der Waals surface area contributed by atoms with E-state index in [9.17, 15) is 4.79 Å². The summed E-state index contributed by atoms with van der Waals surface area (Å²) in [6.07, 6.45) is 9.64. The molecule has 0 spiro atoms. The number of methoxy groups -OCH3 is 2. The summed E-state index contributed by atoms with van der Waals surface area (Å²) in [7, 11) is 3.15. The van der Waals surface area contributed by atoms with Gasteiger partial charge in [0, 0.05) is 29.5 Å². The first-order valence-corrected chi connectivity index (χ1v) is 6.57. The van der Waals surface area contributed by atoms with E-state index in [1.165, 1.54) is 0 Å². The number of carbonyl (C=O) groups is 1. The van der Waals surface area contributed by atoms with E-state index in [4.69, 9.17) is 9.47 Å². The van der Waals surface area contributed by atoms with E-state index in [2.05, 4.69) is 5.32 Å². The average molecular weight is 281 g/mol. The summed E-state index contributed by atoms with van der Waals surface area (Å²) >= 11 is 0. The minimum Gasteiger partial charge on any atom is -0.497 e. The Balaban J connectivity index is 1.86. The number of fused-ring (bicyclic) bond motifs is 1. The van der Waals surface area contributed by atoms with E-state index in [1.54, 1.807) is 32.4 Å². The molecule has 1 N–H and O–H groups in total. The maximum Gasteiger partial charge on any atom is 0.256 e. The lowest BCUT2D eigenvalue weighted by atomic mass is 10.1. The van der Waals surface area contributed by atoms with Gasteiger partial charge in [-0.2, -0.15) is 0 Å². The molecule has 4 heteroatoms. The summed E-state index contributed by atoms with van der Waals surface area (Å²) < 4.78 is 10.4. The van der Waals surface area contributed by atoms with Gasteiger partial charge in [0.25, 0.3) is 5.91 Å². The van der Waals surface area contributed by atoms with Crippen molar-refractivity contribution in [1.29, 1.82) is 0 Å². The Hall–Kier alpha value is -2.75. The lowest BCUT2D eigenvalue weighted by molar-refractivity contribution is -0.112. The fourth-order valence-corrected chi connectivity index (χ4v) is 2.36. The van der Waals surface area contributed by atoms with Gasteiger partial charge in [-0.05, 0) is 17.2 Å². The fraction of sp³-hybridized carbons (Fsp3) is 0.118. The van der Waals surface area contributed by atoms with E-state index in [0.29, 0.717) is 22.8 Å². The third-order valence-corrected chi connectivity index (χ3v) is 3.42. The largest absolute Gasteiger partial charge is 0.497 e. The highest BCUT2D eigenvalue weighted by molar-refractivity contribution is 6.08. The first kappa shape index (κ1) is 13.2. The van der Waals surface area contributed by atoms with Crippen molar-refractivity contribution in [2.45, 2.75) is 0 Å². The lowest BCUT2D eigenvalue weighted by Gasteiger charge is -2.10. The van der Waals surface area contributed by atoms with Crippen molar-refractivity contribution in [3.63, 3.8) is 0 Å². The number of allylic oxidation sites excluding steroid dienone is 6. The zero-order valence-electron chi connectivity index (χ0n) is 11.8. The molecular formula is C17H15NO3. The van der Waals surface area contributed by atoms with Gasteiger partial charge in [-0.3, -0.25) is 4.79 Å². The van der Waals surface area contributed by atoms with Crippen LogP contribution in [0.4, 0.5) is 5.69 Å². The molecule has 0 bridgehead atoms. The third kappa shape index (κ3) is 2.48. The maximum atomic E-state index is 12.4. The van der Waals surface area contributed by atoms with Crippen molar-refractivity contribution in [1.82, 2.24) is 0 Å². The number of rotatable bonds is 4. The molecule has 0 unspecified atom stereocenters. The molecule has 1 aromatic rings. The van der Waals surface area contributed by atoms with Crippen molar-refractivity contribution >= 4 is 11.6 Å². The Morgan fingerprint density at radius 3 is 2.38 bits per heavy atom. The van der Waals surface area contributed by atoms with Gasteiger partial charge in [0.2, 0.25) is 0 Å². The van der Waals surface area contributed by atoms with Gasteiger partial charge in [-0.15, -0.1) is 0 Å². The highest BCUT2D eigenvalue weighted by Crippen LogP contribution is 2.31. The predicted octanol–water partition coefficient (Wildman–Crippen LogP) is 3.00. The highest BCUT2D eigenvalue weighted by atomic mass is 16.5. The van der Waals surface area contributed by atoms with Crippen LogP contribution in [-0.2, 0) is 4.79 Å². The van der Waals surface area contributed by atoms with Gasteiger partial charge in [0.15, 0.2) is 0 Å². The number of hydrogen-bond donors (Lipinski definition) is 1. The molecule has 0 radical (unpaired) electrons. The average Bonchev–Trinajstić information content (AvgIpc) is 3.09. The summed E-state index contributed by atoms with van der Waals surface area (Å²) in [4.78, 5) is 12.4. The van der Waals surface area contributed by atoms with Crippen molar-refractivity contribution in [2.75, 3.05) is 19.5 Å². The molecule has 0 saturated carbocycles. The van der Waals surface area contributed by atoms with Gasteiger partial charge < -0.3 is 14.8 Å². The molecule has 0 fully saturated rings. The molecular weight excluding hydrogens is 266 g/mol. The van der Waals surface area contributed by atoms with Crippen molar-refractivity contribution in [2.24, 2.45) is 0 Å². The van der Waals surface area contributed by atoms with Crippen LogP contribution in [-0.4, -0.2) is 20.1 Å². The van der Waals surface area contributed by atoms with Crippen LogP contribution >= 0.6 is 0 Å². The summed E-state index contributed by atoms with van der Waals surface area (Å²) in [6.45, 7) is 0. The molecule has 1 aromatic carbocycles. The molecule has 0 aliphatic heterocycles. The Morgan fingerprint density at radius 1 is 1.00 bits per heavy atom. The Morgan fingerprint density at radius 2 is 1.71 bits per heavy atom. The van der Waals surface area contributed by atoms with Gasteiger partial charge in [-0.1, -0.05) is 24.3 Å². The zero-order chi connectivity index (χ0) is 14.8. The van der Waals surface area contributed by atoms with Crippen LogP contribution in [0.3, 0.4) is 0 Å². The second-order valence-corrected chi connectivity index (χ2v) is 4.70. The van der Waals surface area contributed by atoms with Crippen molar-refractivity contribution in [3.8, 4) is 11.5 Å². The van der Waals surface area contributed by atoms with Crippen LogP contribution in [0, 0.1) is 0 Å². The molecule has 0 saturated heterocycles. The van der Waals surface area contributed by atoms with E-state index in [1.807, 2.05) is 30.4 Å². The van der Waals surface area contributed by atoms with Crippen LogP contribution in [0.1, 0.15) is 0 Å². The molecule has 1 amide bonds. The zero-order valence-corrected chi connectivity index (χ0v) is 11.8. The first-order chi connectivity index (χ1) is 10.2. The molecule has 21 heavy (non-hydrogen) atoms. The number of hydrogen-bond acceptors (Lipinski definition) is 3. The van der Waals surface area contributed by atoms with Crippen LogP contribution in [0.25, 0.3) is 0 Å².